The molecule has 0 spiro atoms. The van der Waals surface area contributed by atoms with Crippen molar-refractivity contribution in [3.8, 4) is 16.8 Å². The van der Waals surface area contributed by atoms with Crippen molar-refractivity contribution in [1.29, 1.82) is 0 Å². The van der Waals surface area contributed by atoms with E-state index >= 15 is 0 Å². The number of aryl methyl sites for hydroxylation is 2. The number of para-hydroxylation sites is 1. The van der Waals surface area contributed by atoms with Gasteiger partial charge in [0.25, 0.3) is 0 Å². The number of allylic oxidation sites excluding steroid dienone is 5. The van der Waals surface area contributed by atoms with Crippen LogP contribution >= 0.6 is 0 Å². The normalized spacial score (nSPS) is 12.1. The summed E-state index contributed by atoms with van der Waals surface area (Å²) in [4.78, 5) is 2.33. The predicted octanol–water partition coefficient (Wildman–Crippen LogP) is 16.4. The molecule has 0 amide bonds. The maximum Gasteiger partial charge on any atom is 0.123 e. The number of hydrogen-bond acceptors (Lipinski definition) is 1. The third-order valence-corrected chi connectivity index (χ3v) is 11.2. The molecule has 0 aliphatic carbocycles. The molecule has 0 aliphatic rings. The van der Waals surface area contributed by atoms with Gasteiger partial charge in [0.1, 0.15) is 5.82 Å². The third-order valence-electron chi connectivity index (χ3n) is 11.2. The largest absolute Gasteiger partial charge is 0.296 e. The molecule has 7 aromatic carbocycles. The Morgan fingerprint density at radius 2 is 1.28 bits per heavy atom. The molecule has 0 saturated heterocycles. The molecule has 0 fully saturated rings. The Morgan fingerprint density at radius 1 is 0.633 bits per heavy atom. The van der Waals surface area contributed by atoms with Crippen molar-refractivity contribution in [2.24, 2.45) is 0 Å². The van der Waals surface area contributed by atoms with E-state index in [0.717, 1.165) is 28.4 Å². The first-order chi connectivity index (χ1) is 29.0. The van der Waals surface area contributed by atoms with Crippen LogP contribution in [0.2, 0.25) is 0 Å². The van der Waals surface area contributed by atoms with Crippen molar-refractivity contribution in [3.05, 3.63) is 234 Å². The van der Waals surface area contributed by atoms with Gasteiger partial charge >= 0.3 is 0 Å². The molecule has 0 saturated carbocycles. The SMILES string of the molecule is C=C/C=C\C(=C/C)N(c1ccccc1)c1cc2ccc(-c3ccc(/C=C(\C)c4ccccc4)c(C)c3)cc2n1-c1ccc(C(C)(C)C)cc1.Cc1cccc2ccccc12. The van der Waals surface area contributed by atoms with E-state index in [1.54, 1.807) is 0 Å². The third kappa shape index (κ3) is 9.20. The average Bonchev–Trinajstić information content (AvgIpc) is 3.64. The molecule has 2 nitrogen and oxygen atoms in total. The number of aromatic nitrogens is 1. The van der Waals surface area contributed by atoms with Crippen LogP contribution in [0.25, 0.3) is 50.1 Å². The van der Waals surface area contributed by atoms with E-state index in [0.29, 0.717) is 0 Å². The van der Waals surface area contributed by atoms with Crippen LogP contribution in [0.5, 0.6) is 0 Å². The average molecular weight is 781 g/mol. The Bertz CT molecular complexity index is 2820. The monoisotopic (exact) mass is 780 g/mol. The van der Waals surface area contributed by atoms with Crippen LogP contribution in [0.1, 0.15) is 62.4 Å². The zero-order valence-corrected chi connectivity index (χ0v) is 36.2. The Labute approximate surface area is 357 Å². The van der Waals surface area contributed by atoms with Gasteiger partial charge < -0.3 is 0 Å². The van der Waals surface area contributed by atoms with Gasteiger partial charge in [0.15, 0.2) is 0 Å². The number of fused-ring (bicyclic) bond motifs is 2. The highest BCUT2D eigenvalue weighted by Gasteiger charge is 2.22. The summed E-state index contributed by atoms with van der Waals surface area (Å²) in [6.07, 6.45) is 10.4. The minimum atomic E-state index is 0.0653. The van der Waals surface area contributed by atoms with Gasteiger partial charge in [-0.3, -0.25) is 9.47 Å². The fraction of sp³-hybridized carbons (Fsp3) is 0.138. The second-order valence-electron chi connectivity index (χ2n) is 16.4. The zero-order chi connectivity index (χ0) is 42.2. The molecule has 0 unspecified atom stereocenters. The highest BCUT2D eigenvalue weighted by Crippen LogP contribution is 2.39. The number of hydrogen-bond donors (Lipinski definition) is 0. The Hall–Kier alpha value is -6.90. The molecule has 1 heterocycles. The summed E-state index contributed by atoms with van der Waals surface area (Å²) in [7, 11) is 0. The van der Waals surface area contributed by atoms with Crippen molar-refractivity contribution >= 4 is 44.8 Å². The molecular weight excluding hydrogens is 725 g/mol. The molecule has 8 rings (SSSR count). The smallest absolute Gasteiger partial charge is 0.123 e. The topological polar surface area (TPSA) is 8.17 Å². The van der Waals surface area contributed by atoms with Crippen LogP contribution in [0.3, 0.4) is 0 Å². The van der Waals surface area contributed by atoms with E-state index in [1.807, 2.05) is 12.2 Å². The van der Waals surface area contributed by atoms with Gasteiger partial charge in [-0.1, -0.05) is 185 Å². The van der Waals surface area contributed by atoms with E-state index < -0.39 is 0 Å². The number of anilines is 2. The maximum atomic E-state index is 3.94. The fourth-order valence-electron chi connectivity index (χ4n) is 7.79. The lowest BCUT2D eigenvalue weighted by Gasteiger charge is -2.28. The van der Waals surface area contributed by atoms with Crippen molar-refractivity contribution in [2.45, 2.75) is 53.9 Å². The first kappa shape index (κ1) is 41.3. The Morgan fingerprint density at radius 3 is 1.95 bits per heavy atom. The molecule has 0 bridgehead atoms. The lowest BCUT2D eigenvalue weighted by Crippen LogP contribution is -2.18. The predicted molar refractivity (Wildman–Crippen MR) is 262 cm³/mol. The van der Waals surface area contributed by atoms with E-state index in [1.165, 1.54) is 60.7 Å². The molecular formula is C58H56N2. The highest BCUT2D eigenvalue weighted by atomic mass is 15.3. The first-order valence-electron chi connectivity index (χ1n) is 20.9. The summed E-state index contributed by atoms with van der Waals surface area (Å²) < 4.78 is 2.40. The molecule has 0 atom stereocenters. The van der Waals surface area contributed by atoms with Crippen molar-refractivity contribution < 1.29 is 0 Å². The minimum Gasteiger partial charge on any atom is -0.296 e. The lowest BCUT2D eigenvalue weighted by atomic mass is 9.87. The highest BCUT2D eigenvalue weighted by molar-refractivity contribution is 5.93. The van der Waals surface area contributed by atoms with Gasteiger partial charge in [-0.05, 0) is 131 Å². The number of benzene rings is 7. The van der Waals surface area contributed by atoms with Gasteiger partial charge in [-0.2, -0.15) is 0 Å². The van der Waals surface area contributed by atoms with Crippen LogP contribution in [-0.4, -0.2) is 4.57 Å². The summed E-state index contributed by atoms with van der Waals surface area (Å²) in [5.74, 6) is 1.07. The van der Waals surface area contributed by atoms with Gasteiger partial charge in [0, 0.05) is 22.5 Å². The molecule has 0 N–H and O–H groups in total. The maximum absolute atomic E-state index is 3.94. The molecule has 8 aromatic rings. The van der Waals surface area contributed by atoms with E-state index in [4.69, 9.17) is 0 Å². The molecule has 0 aliphatic heterocycles. The second-order valence-corrected chi connectivity index (χ2v) is 16.4. The van der Waals surface area contributed by atoms with Gasteiger partial charge in [0.05, 0.1) is 5.52 Å². The van der Waals surface area contributed by atoms with Crippen molar-refractivity contribution in [2.75, 3.05) is 4.90 Å². The number of nitrogens with zero attached hydrogens (tertiary/aromatic N) is 2. The standard InChI is InChI=1S/C47H46N2.C11H10/c1-8-10-19-42(9-2)48(43-20-15-12-16-21-43)46-33-40-25-24-39(32-45(40)49(46)44-28-26-41(27-29-44)47(5,6)7)38-23-22-37(35(4)31-38)30-34(3)36-17-13-11-14-18-36;1-9-5-4-7-10-6-2-3-8-11(9)10/h8-33H,1H2,2-7H3;2-8H,1H3/b19-10-,34-30+,42-9+;. The Balaban J connectivity index is 0.000000425. The molecule has 1 aromatic heterocycles. The first-order valence-corrected chi connectivity index (χ1v) is 20.9. The van der Waals surface area contributed by atoms with E-state index in [9.17, 15) is 0 Å². The zero-order valence-electron chi connectivity index (χ0n) is 36.2. The van der Waals surface area contributed by atoms with Crippen molar-refractivity contribution in [3.63, 3.8) is 0 Å². The summed E-state index contributed by atoms with van der Waals surface area (Å²) in [5, 5.41) is 3.86. The molecule has 2 heteroatoms. The molecule has 298 valence electrons. The lowest BCUT2D eigenvalue weighted by molar-refractivity contribution is 0.590. The second kappa shape index (κ2) is 18.4. The minimum absolute atomic E-state index is 0.0653. The molecule has 60 heavy (non-hydrogen) atoms. The van der Waals surface area contributed by atoms with Crippen molar-refractivity contribution in [1.82, 2.24) is 4.57 Å². The summed E-state index contributed by atoms with van der Waals surface area (Å²) >= 11 is 0. The van der Waals surface area contributed by atoms with Gasteiger partial charge in [-0.25, -0.2) is 0 Å². The summed E-state index contributed by atoms with van der Waals surface area (Å²) in [6.45, 7) is 19.3. The van der Waals surface area contributed by atoms with Crippen LogP contribution in [0.15, 0.2) is 206 Å². The Kier molecular flexibility index (Phi) is 12.6. The van der Waals surface area contributed by atoms with Crippen LogP contribution < -0.4 is 4.90 Å². The van der Waals surface area contributed by atoms with E-state index in [-0.39, 0.29) is 5.41 Å². The summed E-state index contributed by atoms with van der Waals surface area (Å²) in [6, 6.07) is 61.0. The molecule has 0 radical (unpaired) electrons. The van der Waals surface area contributed by atoms with E-state index in [2.05, 4.69) is 253 Å². The summed E-state index contributed by atoms with van der Waals surface area (Å²) in [5.41, 5.74) is 14.5. The van der Waals surface area contributed by atoms with Crippen LogP contribution in [-0.2, 0) is 5.41 Å². The fourth-order valence-corrected chi connectivity index (χ4v) is 7.79. The van der Waals surface area contributed by atoms with Crippen LogP contribution in [0, 0.1) is 13.8 Å². The van der Waals surface area contributed by atoms with Gasteiger partial charge in [0.2, 0.25) is 0 Å². The quantitative estimate of drug-likeness (QED) is 0.105. The van der Waals surface area contributed by atoms with Gasteiger partial charge in [-0.15, -0.1) is 0 Å². The van der Waals surface area contributed by atoms with Crippen LogP contribution in [0.4, 0.5) is 11.5 Å². The number of rotatable bonds is 9.